The molecule has 0 heterocycles. The van der Waals surface area contributed by atoms with E-state index >= 15 is 0 Å². The van der Waals surface area contributed by atoms with Crippen LogP contribution in [-0.4, -0.2) is 44.6 Å². The smallest absolute Gasteiger partial charge is 0.305 e. The van der Waals surface area contributed by atoms with E-state index in [4.69, 9.17) is 4.74 Å². The van der Waals surface area contributed by atoms with Crippen LogP contribution in [0.5, 0.6) is 0 Å². The number of hydrogen-bond acceptors (Lipinski definition) is 5. The van der Waals surface area contributed by atoms with Gasteiger partial charge >= 0.3 is 5.97 Å². The fourth-order valence-electron chi connectivity index (χ4n) is 1.23. The van der Waals surface area contributed by atoms with Gasteiger partial charge in [0.15, 0.2) is 9.84 Å². The molecule has 0 amide bonds. The highest BCUT2D eigenvalue weighted by Crippen LogP contribution is 2.15. The fraction of sp³-hybridized carbons (Fsp3) is 0.917. The number of nitrogens with one attached hydrogen (secondary N) is 1. The Labute approximate surface area is 110 Å². The van der Waals surface area contributed by atoms with E-state index in [1.54, 1.807) is 27.7 Å². The number of rotatable bonds is 8. The van der Waals surface area contributed by atoms with E-state index in [0.29, 0.717) is 32.5 Å². The molecule has 1 N–H and O–H groups in total. The summed E-state index contributed by atoms with van der Waals surface area (Å²) in [6, 6.07) is 0. The Morgan fingerprint density at radius 3 is 2.33 bits per heavy atom. The van der Waals surface area contributed by atoms with Gasteiger partial charge in [-0.15, -0.1) is 0 Å². The highest BCUT2D eigenvalue weighted by atomic mass is 32.2. The maximum absolute atomic E-state index is 11.8. The summed E-state index contributed by atoms with van der Waals surface area (Å²) >= 11 is 0. The molecule has 5 nitrogen and oxygen atoms in total. The van der Waals surface area contributed by atoms with Gasteiger partial charge in [-0.25, -0.2) is 8.42 Å². The molecule has 0 aliphatic heterocycles. The Morgan fingerprint density at radius 2 is 1.83 bits per heavy atom. The first-order valence-corrected chi connectivity index (χ1v) is 7.94. The molecule has 0 saturated heterocycles. The summed E-state index contributed by atoms with van der Waals surface area (Å²) in [5, 5.41) is 3.02. The van der Waals surface area contributed by atoms with Crippen molar-refractivity contribution in [1.29, 1.82) is 0 Å². The summed E-state index contributed by atoms with van der Waals surface area (Å²) in [7, 11) is -3.06. The van der Waals surface area contributed by atoms with Crippen molar-refractivity contribution in [1.82, 2.24) is 5.32 Å². The summed E-state index contributed by atoms with van der Waals surface area (Å²) in [6.07, 6.45) is 1.03. The maximum Gasteiger partial charge on any atom is 0.305 e. The highest BCUT2D eigenvalue weighted by molar-refractivity contribution is 7.92. The summed E-state index contributed by atoms with van der Waals surface area (Å²) in [5.41, 5.74) is 0. The highest BCUT2D eigenvalue weighted by Gasteiger charge is 2.27. The molecule has 0 bridgehead atoms. The first-order valence-electron chi connectivity index (χ1n) is 6.29. The number of carbonyl (C=O) groups is 1. The van der Waals surface area contributed by atoms with Gasteiger partial charge in [-0.2, -0.15) is 0 Å². The van der Waals surface area contributed by atoms with Crippen molar-refractivity contribution < 1.29 is 17.9 Å². The minimum atomic E-state index is -3.06. The Bertz CT molecular complexity index is 344. The first kappa shape index (κ1) is 17.4. The normalized spacial score (nSPS) is 12.4. The van der Waals surface area contributed by atoms with E-state index < -0.39 is 14.6 Å². The lowest BCUT2D eigenvalue weighted by atomic mass is 10.3. The summed E-state index contributed by atoms with van der Waals surface area (Å²) in [5.74, 6) is -0.0859. The van der Waals surface area contributed by atoms with Crippen LogP contribution in [0.25, 0.3) is 0 Å². The topological polar surface area (TPSA) is 72.5 Å². The third kappa shape index (κ3) is 6.96. The standard InChI is InChI=1S/C12H25NO4S/c1-5-17-11(14)7-6-8-13-9-10-18(15,16)12(2,3)4/h13H,5-10H2,1-4H3. The molecule has 0 spiro atoms. The number of esters is 1. The molecule has 0 fully saturated rings. The van der Waals surface area contributed by atoms with E-state index in [9.17, 15) is 13.2 Å². The number of ether oxygens (including phenoxy) is 1. The van der Waals surface area contributed by atoms with Crippen LogP contribution in [0.15, 0.2) is 0 Å². The second-order valence-corrected chi connectivity index (χ2v) is 7.95. The van der Waals surface area contributed by atoms with Crippen molar-refractivity contribution in [2.75, 3.05) is 25.4 Å². The van der Waals surface area contributed by atoms with Gasteiger partial charge < -0.3 is 10.1 Å². The van der Waals surface area contributed by atoms with Crippen molar-refractivity contribution in [3.05, 3.63) is 0 Å². The number of carbonyl (C=O) groups excluding carboxylic acids is 1. The van der Waals surface area contributed by atoms with Crippen molar-refractivity contribution in [3.63, 3.8) is 0 Å². The molecule has 108 valence electrons. The predicted molar refractivity (Wildman–Crippen MR) is 72.3 cm³/mol. The molecule has 6 heteroatoms. The second kappa shape index (κ2) is 7.74. The van der Waals surface area contributed by atoms with Crippen LogP contribution in [0.4, 0.5) is 0 Å². The Hall–Kier alpha value is -0.620. The second-order valence-electron chi connectivity index (χ2n) is 5.09. The molecular weight excluding hydrogens is 254 g/mol. The maximum atomic E-state index is 11.8. The molecular formula is C12H25NO4S. The van der Waals surface area contributed by atoms with Gasteiger partial charge in [-0.1, -0.05) is 0 Å². The monoisotopic (exact) mass is 279 g/mol. The lowest BCUT2D eigenvalue weighted by molar-refractivity contribution is -0.143. The molecule has 0 atom stereocenters. The van der Waals surface area contributed by atoms with E-state index in [1.807, 2.05) is 0 Å². The van der Waals surface area contributed by atoms with Gasteiger partial charge in [-0.05, 0) is 40.7 Å². The SMILES string of the molecule is CCOC(=O)CCCNCCS(=O)(=O)C(C)(C)C. The van der Waals surface area contributed by atoms with Crippen molar-refractivity contribution >= 4 is 15.8 Å². The summed E-state index contributed by atoms with van der Waals surface area (Å²) in [4.78, 5) is 11.0. The zero-order valence-corrected chi connectivity index (χ0v) is 12.6. The summed E-state index contributed by atoms with van der Waals surface area (Å²) < 4.78 is 27.6. The molecule has 0 aromatic rings. The third-order valence-electron chi connectivity index (χ3n) is 2.52. The predicted octanol–water partition coefficient (Wildman–Crippen LogP) is 1.13. The lowest BCUT2D eigenvalue weighted by Gasteiger charge is -2.19. The van der Waals surface area contributed by atoms with Gasteiger partial charge in [0.05, 0.1) is 17.1 Å². The molecule has 0 aliphatic carbocycles. The van der Waals surface area contributed by atoms with Gasteiger partial charge in [0, 0.05) is 13.0 Å². The van der Waals surface area contributed by atoms with Crippen LogP contribution in [0.3, 0.4) is 0 Å². The van der Waals surface area contributed by atoms with Crippen LogP contribution in [-0.2, 0) is 19.4 Å². The fourth-order valence-corrected chi connectivity index (χ4v) is 2.25. The van der Waals surface area contributed by atoms with Gasteiger partial charge in [-0.3, -0.25) is 4.79 Å². The average Bonchev–Trinajstić information content (AvgIpc) is 2.21. The Balaban J connectivity index is 3.67. The van der Waals surface area contributed by atoms with Crippen molar-refractivity contribution in [2.24, 2.45) is 0 Å². The minimum absolute atomic E-state index is 0.121. The third-order valence-corrected chi connectivity index (χ3v) is 5.13. The van der Waals surface area contributed by atoms with Crippen LogP contribution >= 0.6 is 0 Å². The molecule has 0 aromatic heterocycles. The van der Waals surface area contributed by atoms with Crippen molar-refractivity contribution in [3.8, 4) is 0 Å². The number of hydrogen-bond donors (Lipinski definition) is 1. The van der Waals surface area contributed by atoms with Crippen LogP contribution < -0.4 is 5.32 Å². The molecule has 0 rings (SSSR count). The number of sulfone groups is 1. The zero-order valence-electron chi connectivity index (χ0n) is 11.8. The van der Waals surface area contributed by atoms with Crippen LogP contribution in [0.2, 0.25) is 0 Å². The molecule has 0 radical (unpaired) electrons. The first-order chi connectivity index (χ1) is 8.20. The zero-order chi connectivity index (χ0) is 14.2. The van der Waals surface area contributed by atoms with Gasteiger partial charge in [0.25, 0.3) is 0 Å². The van der Waals surface area contributed by atoms with E-state index in [-0.39, 0.29) is 11.7 Å². The average molecular weight is 279 g/mol. The van der Waals surface area contributed by atoms with Gasteiger partial charge in [0.1, 0.15) is 0 Å². The van der Waals surface area contributed by atoms with Gasteiger partial charge in [0.2, 0.25) is 0 Å². The van der Waals surface area contributed by atoms with E-state index in [0.717, 1.165) is 0 Å². The van der Waals surface area contributed by atoms with Crippen LogP contribution in [0.1, 0.15) is 40.5 Å². The largest absolute Gasteiger partial charge is 0.466 e. The molecule has 0 aromatic carbocycles. The molecule has 18 heavy (non-hydrogen) atoms. The van der Waals surface area contributed by atoms with Crippen molar-refractivity contribution in [2.45, 2.75) is 45.3 Å². The Kier molecular flexibility index (Phi) is 7.47. The molecule has 0 unspecified atom stereocenters. The quantitative estimate of drug-likeness (QED) is 0.533. The minimum Gasteiger partial charge on any atom is -0.466 e. The lowest BCUT2D eigenvalue weighted by Crippen LogP contribution is -2.35. The molecule has 0 aliphatic rings. The molecule has 0 saturated carbocycles. The van der Waals surface area contributed by atoms with E-state index in [1.165, 1.54) is 0 Å². The Morgan fingerprint density at radius 1 is 1.22 bits per heavy atom. The van der Waals surface area contributed by atoms with Crippen LogP contribution in [0, 0.1) is 0 Å². The summed E-state index contributed by atoms with van der Waals surface area (Å²) in [6.45, 7) is 8.31. The van der Waals surface area contributed by atoms with E-state index in [2.05, 4.69) is 5.32 Å².